The first kappa shape index (κ1) is 13.4. The van der Waals surface area contributed by atoms with E-state index in [1.54, 1.807) is 31.2 Å². The van der Waals surface area contributed by atoms with Gasteiger partial charge < -0.3 is 14.6 Å². The topological polar surface area (TPSA) is 38.7 Å². The van der Waals surface area contributed by atoms with Crippen LogP contribution in [0.15, 0.2) is 34.8 Å². The molecule has 0 aliphatic carbocycles. The Bertz CT molecular complexity index is 698. The Morgan fingerprint density at radius 3 is 2.70 bits per heavy atom. The van der Waals surface area contributed by atoms with E-state index in [4.69, 9.17) is 9.47 Å². The predicted molar refractivity (Wildman–Crippen MR) is 75.8 cm³/mol. The van der Waals surface area contributed by atoms with Crippen LogP contribution in [-0.2, 0) is 5.60 Å². The molecule has 1 aliphatic heterocycles. The molecule has 2 aromatic carbocycles. The van der Waals surface area contributed by atoms with E-state index in [9.17, 15) is 9.50 Å². The average molecular weight is 339 g/mol. The first-order chi connectivity index (χ1) is 9.43. The number of hydrogen-bond acceptors (Lipinski definition) is 3. The summed E-state index contributed by atoms with van der Waals surface area (Å²) in [6, 6.07) is 8.05. The highest BCUT2D eigenvalue weighted by Gasteiger charge is 2.38. The molecule has 0 aromatic heterocycles. The summed E-state index contributed by atoms with van der Waals surface area (Å²) in [7, 11) is 1.45. The van der Waals surface area contributed by atoms with Gasteiger partial charge in [0.25, 0.3) is 0 Å². The Hall–Kier alpha value is -1.59. The summed E-state index contributed by atoms with van der Waals surface area (Å²) in [6.45, 7) is 1.61. The number of halogens is 2. The summed E-state index contributed by atoms with van der Waals surface area (Å²) in [4.78, 5) is 0. The van der Waals surface area contributed by atoms with Crippen molar-refractivity contribution in [3.63, 3.8) is 0 Å². The Kier molecular flexibility index (Phi) is 2.99. The minimum Gasteiger partial charge on any atom is -0.497 e. The lowest BCUT2D eigenvalue weighted by atomic mass is 9.85. The van der Waals surface area contributed by atoms with Gasteiger partial charge in [0.2, 0.25) is 0 Å². The average Bonchev–Trinajstić information content (AvgIpc) is 2.41. The fourth-order valence-corrected chi connectivity index (χ4v) is 2.74. The maximum Gasteiger partial charge on any atom is 0.169 e. The summed E-state index contributed by atoms with van der Waals surface area (Å²) in [5.74, 6) is 0.247. The highest BCUT2D eigenvalue weighted by Crippen LogP contribution is 2.49. The SMILES string of the molecule is COc1cc(F)c2c(c1)C(C)(O)c1cc(Br)ccc1O2. The Morgan fingerprint density at radius 2 is 2.00 bits per heavy atom. The van der Waals surface area contributed by atoms with Crippen molar-refractivity contribution < 1.29 is 19.0 Å². The monoisotopic (exact) mass is 338 g/mol. The van der Waals surface area contributed by atoms with Gasteiger partial charge in [-0.1, -0.05) is 15.9 Å². The second kappa shape index (κ2) is 4.46. The highest BCUT2D eigenvalue weighted by atomic mass is 79.9. The number of hydrogen-bond donors (Lipinski definition) is 1. The van der Waals surface area contributed by atoms with Crippen LogP contribution < -0.4 is 9.47 Å². The van der Waals surface area contributed by atoms with E-state index in [1.807, 2.05) is 0 Å². The van der Waals surface area contributed by atoms with Gasteiger partial charge in [-0.25, -0.2) is 4.39 Å². The molecule has 0 saturated heterocycles. The molecule has 0 amide bonds. The van der Waals surface area contributed by atoms with Crippen molar-refractivity contribution in [2.75, 3.05) is 7.11 Å². The first-order valence-corrected chi connectivity index (χ1v) is 6.81. The van der Waals surface area contributed by atoms with Crippen LogP contribution in [0.2, 0.25) is 0 Å². The van der Waals surface area contributed by atoms with Crippen LogP contribution in [-0.4, -0.2) is 12.2 Å². The summed E-state index contributed by atoms with van der Waals surface area (Å²) in [6.07, 6.45) is 0. The minimum atomic E-state index is -1.36. The van der Waals surface area contributed by atoms with Crippen LogP contribution in [0.1, 0.15) is 18.1 Å². The van der Waals surface area contributed by atoms with E-state index >= 15 is 0 Å². The second-order valence-corrected chi connectivity index (χ2v) is 5.72. The smallest absolute Gasteiger partial charge is 0.169 e. The molecule has 1 atom stereocenters. The van der Waals surface area contributed by atoms with Gasteiger partial charge >= 0.3 is 0 Å². The predicted octanol–water partition coefficient (Wildman–Crippen LogP) is 3.96. The molecule has 2 aromatic rings. The molecule has 20 heavy (non-hydrogen) atoms. The van der Waals surface area contributed by atoms with Crippen LogP contribution in [0, 0.1) is 5.82 Å². The number of aliphatic hydroxyl groups is 1. The summed E-state index contributed by atoms with van der Waals surface area (Å²) in [5.41, 5.74) is -0.436. The molecule has 0 bridgehead atoms. The normalized spacial score (nSPS) is 19.9. The summed E-state index contributed by atoms with van der Waals surface area (Å²) in [5, 5.41) is 10.8. The lowest BCUT2D eigenvalue weighted by molar-refractivity contribution is 0.0884. The molecule has 0 spiro atoms. The number of methoxy groups -OCH3 is 1. The van der Waals surface area contributed by atoms with Crippen molar-refractivity contribution >= 4 is 15.9 Å². The van der Waals surface area contributed by atoms with Crippen LogP contribution in [0.5, 0.6) is 17.2 Å². The van der Waals surface area contributed by atoms with E-state index < -0.39 is 11.4 Å². The molecule has 5 heteroatoms. The zero-order valence-corrected chi connectivity index (χ0v) is 12.5. The standard InChI is InChI=1S/C15H12BrFO3/c1-15(18)10-5-8(16)3-4-13(10)20-14-11(15)6-9(19-2)7-12(14)17/h3-7,18H,1-2H3. The molecule has 3 rings (SSSR count). The number of ether oxygens (including phenoxy) is 2. The van der Waals surface area contributed by atoms with Gasteiger partial charge in [0.05, 0.1) is 7.11 Å². The third-order valence-corrected chi connectivity index (χ3v) is 3.95. The Morgan fingerprint density at radius 1 is 1.25 bits per heavy atom. The maximum atomic E-state index is 14.1. The van der Waals surface area contributed by atoms with Gasteiger partial charge in [0.15, 0.2) is 11.6 Å². The Labute approximate surface area is 124 Å². The molecular formula is C15H12BrFO3. The van der Waals surface area contributed by atoms with Gasteiger partial charge in [-0.2, -0.15) is 0 Å². The molecule has 104 valence electrons. The minimum absolute atomic E-state index is 0.0330. The molecule has 1 heterocycles. The van der Waals surface area contributed by atoms with Crippen molar-refractivity contribution in [3.05, 3.63) is 51.7 Å². The van der Waals surface area contributed by atoms with Gasteiger partial charge in [0, 0.05) is 21.7 Å². The molecule has 0 fully saturated rings. The highest BCUT2D eigenvalue weighted by molar-refractivity contribution is 9.10. The van der Waals surface area contributed by atoms with E-state index in [0.717, 1.165) is 4.47 Å². The lowest BCUT2D eigenvalue weighted by Gasteiger charge is -2.33. The maximum absolute atomic E-state index is 14.1. The van der Waals surface area contributed by atoms with Crippen LogP contribution in [0.25, 0.3) is 0 Å². The molecule has 1 aliphatic rings. The molecule has 1 unspecified atom stereocenters. The van der Waals surface area contributed by atoms with Crippen LogP contribution in [0.3, 0.4) is 0 Å². The largest absolute Gasteiger partial charge is 0.497 e. The van der Waals surface area contributed by atoms with Gasteiger partial charge in [0.1, 0.15) is 17.1 Å². The van der Waals surface area contributed by atoms with Crippen LogP contribution >= 0.6 is 15.9 Å². The van der Waals surface area contributed by atoms with Crippen molar-refractivity contribution in [1.29, 1.82) is 0 Å². The molecular weight excluding hydrogens is 327 g/mol. The van der Waals surface area contributed by atoms with Crippen molar-refractivity contribution in [1.82, 2.24) is 0 Å². The molecule has 1 N–H and O–H groups in total. The molecule has 0 saturated carbocycles. The third kappa shape index (κ3) is 1.89. The fourth-order valence-electron chi connectivity index (χ4n) is 2.38. The van der Waals surface area contributed by atoms with E-state index in [2.05, 4.69) is 15.9 Å². The number of benzene rings is 2. The summed E-state index contributed by atoms with van der Waals surface area (Å²) >= 11 is 3.36. The van der Waals surface area contributed by atoms with Gasteiger partial charge in [-0.05, 0) is 31.2 Å². The second-order valence-electron chi connectivity index (χ2n) is 4.80. The molecule has 3 nitrogen and oxygen atoms in total. The fraction of sp³-hybridized carbons (Fsp3) is 0.200. The quantitative estimate of drug-likeness (QED) is 0.855. The van der Waals surface area contributed by atoms with Gasteiger partial charge in [-0.15, -0.1) is 0 Å². The van der Waals surface area contributed by atoms with E-state index in [-0.39, 0.29) is 5.75 Å². The lowest BCUT2D eigenvalue weighted by Crippen LogP contribution is -2.28. The van der Waals surface area contributed by atoms with E-state index in [1.165, 1.54) is 13.2 Å². The summed E-state index contributed by atoms with van der Waals surface area (Å²) < 4.78 is 25.6. The zero-order chi connectivity index (χ0) is 14.5. The first-order valence-electron chi connectivity index (χ1n) is 6.01. The number of fused-ring (bicyclic) bond motifs is 2. The molecule has 0 radical (unpaired) electrons. The Balaban J connectivity index is 2.27. The third-order valence-electron chi connectivity index (χ3n) is 3.46. The van der Waals surface area contributed by atoms with Crippen molar-refractivity contribution in [3.8, 4) is 17.2 Å². The zero-order valence-electron chi connectivity index (χ0n) is 10.9. The number of rotatable bonds is 1. The van der Waals surface area contributed by atoms with Crippen molar-refractivity contribution in [2.45, 2.75) is 12.5 Å². The van der Waals surface area contributed by atoms with Crippen molar-refractivity contribution in [2.24, 2.45) is 0 Å². The van der Waals surface area contributed by atoms with Gasteiger partial charge in [-0.3, -0.25) is 0 Å². The van der Waals surface area contributed by atoms with E-state index in [0.29, 0.717) is 22.6 Å². The van der Waals surface area contributed by atoms with Crippen LogP contribution in [0.4, 0.5) is 4.39 Å².